The molecule has 1 aliphatic rings. The van der Waals surface area contributed by atoms with Gasteiger partial charge in [0.25, 0.3) is 0 Å². The van der Waals surface area contributed by atoms with Gasteiger partial charge in [0.15, 0.2) is 5.65 Å². The monoisotopic (exact) mass is 272 g/mol. The second-order valence-electron chi connectivity index (χ2n) is 5.46. The zero-order chi connectivity index (χ0) is 13.7. The summed E-state index contributed by atoms with van der Waals surface area (Å²) < 4.78 is 1.86. The van der Waals surface area contributed by atoms with Crippen LogP contribution in [0.15, 0.2) is 17.3 Å². The molecule has 0 saturated carbocycles. The van der Waals surface area contributed by atoms with Crippen molar-refractivity contribution in [2.24, 2.45) is 5.92 Å². The first-order valence-corrected chi connectivity index (χ1v) is 6.88. The van der Waals surface area contributed by atoms with Gasteiger partial charge in [0, 0.05) is 6.54 Å². The predicted molar refractivity (Wildman–Crippen MR) is 75.7 cm³/mol. The summed E-state index contributed by atoms with van der Waals surface area (Å²) in [5, 5.41) is 3.37. The third-order valence-corrected chi connectivity index (χ3v) is 4.25. The normalized spacial score (nSPS) is 23.6. The summed E-state index contributed by atoms with van der Waals surface area (Å²) >= 11 is 0. The number of pyridine rings is 1. The fraction of sp³-hybridized carbons (Fsp3) is 0.462. The Hall–Kier alpha value is -2.15. The number of rotatable bonds is 1. The molecule has 3 aromatic rings. The third-order valence-electron chi connectivity index (χ3n) is 4.25. The van der Waals surface area contributed by atoms with Gasteiger partial charge in [0.1, 0.15) is 5.52 Å². The van der Waals surface area contributed by atoms with Crippen molar-refractivity contribution in [3.63, 3.8) is 0 Å². The van der Waals surface area contributed by atoms with Crippen LogP contribution in [0.4, 0.5) is 0 Å². The first-order valence-electron chi connectivity index (χ1n) is 6.88. The van der Waals surface area contributed by atoms with Gasteiger partial charge in [-0.1, -0.05) is 6.92 Å². The van der Waals surface area contributed by atoms with E-state index in [2.05, 4.69) is 32.2 Å². The quantitative estimate of drug-likeness (QED) is 0.610. The molecule has 1 aliphatic heterocycles. The average molecular weight is 272 g/mol. The highest BCUT2D eigenvalue weighted by atomic mass is 16.1. The van der Waals surface area contributed by atoms with Gasteiger partial charge in [0.05, 0.1) is 29.6 Å². The Morgan fingerprint density at radius 2 is 2.30 bits per heavy atom. The molecule has 1 saturated heterocycles. The SMILES string of the molecule is C[C@@H]1CCNC[C@@H]1n1c(=O)[nH]c2cnc3nc[nH]c3c21. The maximum Gasteiger partial charge on any atom is 0.326 e. The number of imidazole rings is 2. The van der Waals surface area contributed by atoms with Gasteiger partial charge in [-0.05, 0) is 18.9 Å². The lowest BCUT2D eigenvalue weighted by Crippen LogP contribution is -2.40. The van der Waals surface area contributed by atoms with E-state index in [1.807, 2.05) is 4.57 Å². The molecule has 0 aromatic carbocycles. The van der Waals surface area contributed by atoms with Crippen molar-refractivity contribution in [1.29, 1.82) is 0 Å². The standard InChI is InChI=1S/C13H16N6O/c1-7-2-3-14-5-9(7)19-11-8(18-13(19)20)4-15-12-10(11)16-6-17-12/h4,6-7,9,14H,2-3,5H2,1H3,(H,18,20)(H,15,16,17)/t7-,9+/m1/s1. The Morgan fingerprint density at radius 1 is 1.40 bits per heavy atom. The number of hydrogen-bond donors (Lipinski definition) is 3. The molecule has 0 amide bonds. The lowest BCUT2D eigenvalue weighted by Gasteiger charge is -2.30. The molecule has 4 heterocycles. The van der Waals surface area contributed by atoms with Crippen molar-refractivity contribution in [2.75, 3.05) is 13.1 Å². The summed E-state index contributed by atoms with van der Waals surface area (Å²) in [6.07, 6.45) is 4.36. The van der Waals surface area contributed by atoms with Crippen LogP contribution in [0.2, 0.25) is 0 Å². The van der Waals surface area contributed by atoms with E-state index in [9.17, 15) is 4.79 Å². The highest BCUT2D eigenvalue weighted by molar-refractivity contribution is 5.98. The summed E-state index contributed by atoms with van der Waals surface area (Å²) in [7, 11) is 0. The van der Waals surface area contributed by atoms with Crippen LogP contribution in [-0.4, -0.2) is 37.6 Å². The highest BCUT2D eigenvalue weighted by Gasteiger charge is 2.27. The van der Waals surface area contributed by atoms with Crippen molar-refractivity contribution in [1.82, 2.24) is 29.8 Å². The van der Waals surface area contributed by atoms with E-state index in [-0.39, 0.29) is 11.7 Å². The van der Waals surface area contributed by atoms with Crippen LogP contribution in [0, 0.1) is 5.92 Å². The average Bonchev–Trinajstić information content (AvgIpc) is 3.02. The zero-order valence-corrected chi connectivity index (χ0v) is 11.2. The van der Waals surface area contributed by atoms with Crippen LogP contribution >= 0.6 is 0 Å². The Balaban J connectivity index is 2.04. The molecule has 0 unspecified atom stereocenters. The molecule has 3 aromatic heterocycles. The second-order valence-corrected chi connectivity index (χ2v) is 5.46. The van der Waals surface area contributed by atoms with E-state index in [4.69, 9.17) is 0 Å². The van der Waals surface area contributed by atoms with E-state index in [1.165, 1.54) is 0 Å². The fourth-order valence-corrected chi connectivity index (χ4v) is 3.13. The Morgan fingerprint density at radius 3 is 3.15 bits per heavy atom. The van der Waals surface area contributed by atoms with Gasteiger partial charge in [-0.25, -0.2) is 14.8 Å². The van der Waals surface area contributed by atoms with Crippen LogP contribution in [0.3, 0.4) is 0 Å². The number of nitrogens with zero attached hydrogens (tertiary/aromatic N) is 3. The van der Waals surface area contributed by atoms with Crippen molar-refractivity contribution >= 4 is 22.2 Å². The van der Waals surface area contributed by atoms with E-state index >= 15 is 0 Å². The highest BCUT2D eigenvalue weighted by Crippen LogP contribution is 2.27. The lowest BCUT2D eigenvalue weighted by molar-refractivity contribution is 0.275. The summed E-state index contributed by atoms with van der Waals surface area (Å²) in [6.45, 7) is 4.02. The summed E-state index contributed by atoms with van der Waals surface area (Å²) in [6, 6.07) is 0.152. The summed E-state index contributed by atoms with van der Waals surface area (Å²) in [5.74, 6) is 0.457. The van der Waals surface area contributed by atoms with Crippen molar-refractivity contribution < 1.29 is 0 Å². The fourth-order valence-electron chi connectivity index (χ4n) is 3.13. The van der Waals surface area contributed by atoms with Gasteiger partial charge >= 0.3 is 5.69 Å². The number of hydrogen-bond acceptors (Lipinski definition) is 4. The molecule has 7 heteroatoms. The van der Waals surface area contributed by atoms with E-state index in [0.29, 0.717) is 11.6 Å². The molecular weight excluding hydrogens is 256 g/mol. The van der Waals surface area contributed by atoms with Gasteiger partial charge in [-0.2, -0.15) is 0 Å². The van der Waals surface area contributed by atoms with Crippen LogP contribution < -0.4 is 11.0 Å². The number of aromatic amines is 2. The molecule has 3 N–H and O–H groups in total. The van der Waals surface area contributed by atoms with Gasteiger partial charge in [0.2, 0.25) is 0 Å². The molecule has 0 spiro atoms. The lowest BCUT2D eigenvalue weighted by atomic mass is 9.94. The number of piperidine rings is 1. The first-order chi connectivity index (χ1) is 9.75. The molecule has 20 heavy (non-hydrogen) atoms. The zero-order valence-electron chi connectivity index (χ0n) is 11.2. The number of nitrogens with one attached hydrogen (secondary N) is 3. The summed E-state index contributed by atoms with van der Waals surface area (Å²) in [4.78, 5) is 26.8. The summed E-state index contributed by atoms with van der Waals surface area (Å²) in [5.41, 5.74) is 3.01. The predicted octanol–water partition coefficient (Wildman–Crippen LogP) is 0.771. The minimum absolute atomic E-state index is 0.0792. The van der Waals surface area contributed by atoms with Gasteiger partial charge < -0.3 is 15.3 Å². The van der Waals surface area contributed by atoms with E-state index in [0.717, 1.165) is 36.1 Å². The van der Waals surface area contributed by atoms with Crippen LogP contribution in [0.5, 0.6) is 0 Å². The largest absolute Gasteiger partial charge is 0.341 e. The Bertz CT molecular complexity index is 828. The van der Waals surface area contributed by atoms with E-state index in [1.54, 1.807) is 12.5 Å². The minimum atomic E-state index is -0.0792. The smallest absolute Gasteiger partial charge is 0.326 e. The van der Waals surface area contributed by atoms with Crippen LogP contribution in [-0.2, 0) is 0 Å². The molecule has 4 rings (SSSR count). The van der Waals surface area contributed by atoms with E-state index < -0.39 is 0 Å². The van der Waals surface area contributed by atoms with Gasteiger partial charge in [-0.3, -0.25) is 4.57 Å². The Labute approximate surface area is 114 Å². The second kappa shape index (κ2) is 4.17. The molecule has 0 aliphatic carbocycles. The van der Waals surface area contributed by atoms with Crippen LogP contribution in [0.1, 0.15) is 19.4 Å². The molecule has 7 nitrogen and oxygen atoms in total. The van der Waals surface area contributed by atoms with Crippen LogP contribution in [0.25, 0.3) is 22.2 Å². The number of aromatic nitrogens is 5. The maximum absolute atomic E-state index is 12.4. The molecule has 104 valence electrons. The molecule has 0 bridgehead atoms. The van der Waals surface area contributed by atoms with Crippen molar-refractivity contribution in [3.8, 4) is 0 Å². The van der Waals surface area contributed by atoms with Gasteiger partial charge in [-0.15, -0.1) is 0 Å². The first kappa shape index (κ1) is 11.7. The third kappa shape index (κ3) is 1.53. The molecular formula is C13H16N6O. The number of fused-ring (bicyclic) bond motifs is 3. The minimum Gasteiger partial charge on any atom is -0.341 e. The molecule has 1 fully saturated rings. The maximum atomic E-state index is 12.4. The number of H-pyrrole nitrogens is 2. The Kier molecular flexibility index (Phi) is 2.43. The molecule has 2 atom stereocenters. The van der Waals surface area contributed by atoms with Crippen molar-refractivity contribution in [2.45, 2.75) is 19.4 Å². The molecule has 0 radical (unpaired) electrons. The van der Waals surface area contributed by atoms with Crippen molar-refractivity contribution in [3.05, 3.63) is 23.0 Å². The topological polar surface area (TPSA) is 91.4 Å².